The van der Waals surface area contributed by atoms with Crippen LogP contribution in [0.2, 0.25) is 0 Å². The number of carbonyl (C=O) groups excluding carboxylic acids is 2. The van der Waals surface area contributed by atoms with Crippen LogP contribution in [0.25, 0.3) is 11.1 Å². The number of carbonyl (C=O) groups is 2. The Morgan fingerprint density at radius 1 is 0.829 bits per heavy atom. The second kappa shape index (κ2) is 10.3. The molecular weight excluding hydrogens is 436 g/mol. The van der Waals surface area contributed by atoms with Crippen LogP contribution in [0.3, 0.4) is 0 Å². The van der Waals surface area contributed by atoms with Gasteiger partial charge < -0.3 is 16.0 Å². The summed E-state index contributed by atoms with van der Waals surface area (Å²) in [5.74, 6) is -0.340. The van der Waals surface area contributed by atoms with Crippen molar-refractivity contribution in [2.75, 3.05) is 11.9 Å². The number of hydrogen-bond acceptors (Lipinski definition) is 4. The van der Waals surface area contributed by atoms with E-state index < -0.39 is 0 Å². The van der Waals surface area contributed by atoms with Crippen molar-refractivity contribution >= 4 is 17.5 Å². The second-order valence-corrected chi connectivity index (χ2v) is 8.57. The summed E-state index contributed by atoms with van der Waals surface area (Å²) in [4.78, 5) is 29.6. The van der Waals surface area contributed by atoms with Gasteiger partial charge in [0.15, 0.2) is 0 Å². The number of pyridine rings is 1. The Bertz CT molecular complexity index is 1350. The second-order valence-electron chi connectivity index (χ2n) is 8.57. The van der Waals surface area contributed by atoms with Crippen LogP contribution in [-0.2, 0) is 19.5 Å². The molecule has 6 nitrogen and oxygen atoms in total. The van der Waals surface area contributed by atoms with Crippen LogP contribution >= 0.6 is 0 Å². The molecular formula is C29H26N4O2. The molecule has 0 fully saturated rings. The standard InChI is InChI=1S/C29H26N4O2/c34-28(23-8-6-21(7-9-23)25-5-2-13-30-18-25)32-17-20-3-1-4-24(15-20)29(35)33-27-11-10-22-12-14-31-19-26(22)16-27/h1-11,13,15-16,18,31H,12,14,17,19H2,(H,32,34)(H,33,35). The van der Waals surface area contributed by atoms with Crippen molar-refractivity contribution < 1.29 is 9.59 Å². The smallest absolute Gasteiger partial charge is 0.255 e. The van der Waals surface area contributed by atoms with Crippen LogP contribution in [-0.4, -0.2) is 23.3 Å². The number of fused-ring (bicyclic) bond motifs is 1. The van der Waals surface area contributed by atoms with Gasteiger partial charge in [-0.15, -0.1) is 0 Å². The van der Waals surface area contributed by atoms with E-state index in [1.165, 1.54) is 11.1 Å². The zero-order chi connectivity index (χ0) is 24.0. The zero-order valence-electron chi connectivity index (χ0n) is 19.3. The summed E-state index contributed by atoms with van der Waals surface area (Å²) in [5, 5.41) is 9.28. The molecule has 5 rings (SSSR count). The van der Waals surface area contributed by atoms with E-state index in [-0.39, 0.29) is 11.8 Å². The average molecular weight is 463 g/mol. The van der Waals surface area contributed by atoms with Gasteiger partial charge in [-0.25, -0.2) is 0 Å². The van der Waals surface area contributed by atoms with Crippen LogP contribution in [0.15, 0.2) is 91.3 Å². The first-order valence-corrected chi connectivity index (χ1v) is 11.7. The van der Waals surface area contributed by atoms with Crippen LogP contribution < -0.4 is 16.0 Å². The Kier molecular flexibility index (Phi) is 6.63. The van der Waals surface area contributed by atoms with Gasteiger partial charge in [0, 0.05) is 42.3 Å². The van der Waals surface area contributed by atoms with E-state index in [2.05, 4.69) is 27.0 Å². The highest BCUT2D eigenvalue weighted by Crippen LogP contribution is 2.20. The maximum atomic E-state index is 12.8. The molecule has 1 aliphatic heterocycles. The quantitative estimate of drug-likeness (QED) is 0.392. The lowest BCUT2D eigenvalue weighted by Gasteiger charge is -2.18. The number of rotatable bonds is 6. The van der Waals surface area contributed by atoms with Crippen molar-refractivity contribution in [3.63, 3.8) is 0 Å². The summed E-state index contributed by atoms with van der Waals surface area (Å²) in [6.45, 7) is 2.13. The van der Waals surface area contributed by atoms with Gasteiger partial charge in [0.1, 0.15) is 0 Å². The van der Waals surface area contributed by atoms with Gasteiger partial charge in [0.2, 0.25) is 0 Å². The molecule has 1 aliphatic rings. The highest BCUT2D eigenvalue weighted by molar-refractivity contribution is 6.04. The Balaban J connectivity index is 1.20. The molecule has 0 saturated carbocycles. The normalized spacial score (nSPS) is 12.5. The van der Waals surface area contributed by atoms with Crippen molar-refractivity contribution in [1.29, 1.82) is 0 Å². The minimum atomic E-state index is -0.173. The third kappa shape index (κ3) is 5.45. The molecule has 35 heavy (non-hydrogen) atoms. The molecule has 0 spiro atoms. The Labute approximate surface area is 204 Å². The largest absolute Gasteiger partial charge is 0.348 e. The van der Waals surface area contributed by atoms with Gasteiger partial charge in [-0.1, -0.05) is 36.4 Å². The molecule has 2 amide bonds. The van der Waals surface area contributed by atoms with Gasteiger partial charge in [-0.05, 0) is 83.2 Å². The number of nitrogens with one attached hydrogen (secondary N) is 3. The maximum Gasteiger partial charge on any atom is 0.255 e. The van der Waals surface area contributed by atoms with Gasteiger partial charge in [-0.3, -0.25) is 14.6 Å². The van der Waals surface area contributed by atoms with Crippen molar-refractivity contribution in [3.05, 3.63) is 119 Å². The highest BCUT2D eigenvalue weighted by atomic mass is 16.2. The van der Waals surface area contributed by atoms with E-state index in [1.807, 2.05) is 48.5 Å². The van der Waals surface area contributed by atoms with E-state index in [0.717, 1.165) is 41.9 Å². The van der Waals surface area contributed by atoms with E-state index >= 15 is 0 Å². The minimum absolute atomic E-state index is 0.166. The number of nitrogens with zero attached hydrogens (tertiary/aromatic N) is 1. The average Bonchev–Trinajstić information content (AvgIpc) is 2.92. The lowest BCUT2D eigenvalue weighted by atomic mass is 10.0. The summed E-state index contributed by atoms with van der Waals surface area (Å²) in [6.07, 6.45) is 4.53. The molecule has 3 aromatic carbocycles. The number of hydrogen-bond donors (Lipinski definition) is 3. The van der Waals surface area contributed by atoms with Crippen molar-refractivity contribution in [1.82, 2.24) is 15.6 Å². The number of benzene rings is 3. The Morgan fingerprint density at radius 2 is 1.71 bits per heavy atom. The van der Waals surface area contributed by atoms with Crippen LogP contribution in [0.4, 0.5) is 5.69 Å². The van der Waals surface area contributed by atoms with Gasteiger partial charge in [-0.2, -0.15) is 0 Å². The molecule has 0 radical (unpaired) electrons. The lowest BCUT2D eigenvalue weighted by molar-refractivity contribution is 0.0950. The molecule has 0 aliphatic carbocycles. The Hall–Kier alpha value is -4.29. The van der Waals surface area contributed by atoms with Gasteiger partial charge in [0.05, 0.1) is 0 Å². The van der Waals surface area contributed by atoms with Crippen molar-refractivity contribution in [2.24, 2.45) is 0 Å². The lowest BCUT2D eigenvalue weighted by Crippen LogP contribution is -2.24. The molecule has 4 aromatic rings. The van der Waals surface area contributed by atoms with Crippen molar-refractivity contribution in [3.8, 4) is 11.1 Å². The monoisotopic (exact) mass is 462 g/mol. The summed E-state index contributed by atoms with van der Waals surface area (Å²) in [7, 11) is 0. The first-order valence-electron chi connectivity index (χ1n) is 11.7. The van der Waals surface area contributed by atoms with Crippen molar-refractivity contribution in [2.45, 2.75) is 19.5 Å². The van der Waals surface area contributed by atoms with Crippen LogP contribution in [0.1, 0.15) is 37.4 Å². The number of aromatic nitrogens is 1. The number of amides is 2. The first kappa shape index (κ1) is 22.5. The summed E-state index contributed by atoms with van der Waals surface area (Å²) in [6, 6.07) is 24.7. The molecule has 0 bridgehead atoms. The van der Waals surface area contributed by atoms with E-state index in [4.69, 9.17) is 0 Å². The fourth-order valence-corrected chi connectivity index (χ4v) is 4.22. The van der Waals surface area contributed by atoms with E-state index in [0.29, 0.717) is 17.7 Å². The topological polar surface area (TPSA) is 83.1 Å². The maximum absolute atomic E-state index is 12.8. The predicted molar refractivity (Wildman–Crippen MR) is 137 cm³/mol. The molecule has 6 heteroatoms. The first-order chi connectivity index (χ1) is 17.2. The fraction of sp³-hybridized carbons (Fsp3) is 0.138. The van der Waals surface area contributed by atoms with E-state index in [1.54, 1.807) is 36.7 Å². The predicted octanol–water partition coefficient (Wildman–Crippen LogP) is 4.58. The van der Waals surface area contributed by atoms with Crippen LogP contribution in [0.5, 0.6) is 0 Å². The molecule has 174 valence electrons. The molecule has 0 unspecified atom stereocenters. The van der Waals surface area contributed by atoms with Gasteiger partial charge in [0.25, 0.3) is 11.8 Å². The molecule has 0 atom stereocenters. The SMILES string of the molecule is O=C(NCc1cccc(C(=O)Nc2ccc3c(c2)CNCC3)c1)c1ccc(-c2cccnc2)cc1. The third-order valence-electron chi connectivity index (χ3n) is 6.13. The highest BCUT2D eigenvalue weighted by Gasteiger charge is 2.12. The molecule has 1 aromatic heterocycles. The fourth-order valence-electron chi connectivity index (χ4n) is 4.22. The molecule has 2 heterocycles. The summed E-state index contributed by atoms with van der Waals surface area (Å²) >= 11 is 0. The van der Waals surface area contributed by atoms with Crippen LogP contribution in [0, 0.1) is 0 Å². The summed E-state index contributed by atoms with van der Waals surface area (Å²) < 4.78 is 0. The van der Waals surface area contributed by atoms with E-state index in [9.17, 15) is 9.59 Å². The zero-order valence-corrected chi connectivity index (χ0v) is 19.3. The van der Waals surface area contributed by atoms with Gasteiger partial charge >= 0.3 is 0 Å². The summed E-state index contributed by atoms with van der Waals surface area (Å²) in [5.41, 5.74) is 7.32. The number of anilines is 1. The molecule has 0 saturated heterocycles. The minimum Gasteiger partial charge on any atom is -0.348 e. The third-order valence-corrected chi connectivity index (χ3v) is 6.13. The molecule has 3 N–H and O–H groups in total. The Morgan fingerprint density at radius 3 is 2.54 bits per heavy atom.